The molecule has 1 aliphatic heterocycles. The molecule has 0 spiro atoms. The zero-order valence-corrected chi connectivity index (χ0v) is 18.1. The third-order valence-electron chi connectivity index (χ3n) is 5.86. The molecule has 0 saturated carbocycles. The van der Waals surface area contributed by atoms with Crippen LogP contribution in [0.1, 0.15) is 47.2 Å². The standard InChI is InChI=1S/C25H33N3O2/c1-19-8-6-9-20(2)25(19)27-24(30)18-26-22-13-16-28(17-14-22)15-7-12-23(29)21-10-4-3-5-11-21/h3-6,8-11,22,26H,7,12-18H2,1-2H3,(H,27,30). The molecule has 0 atom stereocenters. The minimum absolute atomic E-state index is 0.00857. The number of Topliss-reactive ketones (excluding diaryl/α,β-unsaturated/α-hetero) is 1. The zero-order valence-electron chi connectivity index (χ0n) is 18.1. The number of piperidine rings is 1. The second kappa shape index (κ2) is 11.0. The number of ketones is 1. The first-order valence-electron chi connectivity index (χ1n) is 10.9. The van der Waals surface area contributed by atoms with Crippen LogP contribution in [0.2, 0.25) is 0 Å². The lowest BCUT2D eigenvalue weighted by molar-refractivity contribution is -0.115. The Bertz CT molecular complexity index is 822. The van der Waals surface area contributed by atoms with E-state index in [0.717, 1.165) is 61.3 Å². The van der Waals surface area contributed by atoms with E-state index in [1.165, 1.54) is 0 Å². The molecule has 2 aromatic rings. The molecule has 0 bridgehead atoms. The van der Waals surface area contributed by atoms with Gasteiger partial charge in [-0.2, -0.15) is 0 Å². The van der Waals surface area contributed by atoms with Gasteiger partial charge in [0, 0.05) is 23.7 Å². The van der Waals surface area contributed by atoms with E-state index in [0.29, 0.717) is 19.0 Å². The van der Waals surface area contributed by atoms with Crippen LogP contribution in [-0.4, -0.2) is 48.8 Å². The average Bonchev–Trinajstić information content (AvgIpc) is 2.76. The van der Waals surface area contributed by atoms with E-state index in [4.69, 9.17) is 0 Å². The van der Waals surface area contributed by atoms with Gasteiger partial charge in [-0.1, -0.05) is 48.5 Å². The van der Waals surface area contributed by atoms with Gasteiger partial charge >= 0.3 is 0 Å². The van der Waals surface area contributed by atoms with Gasteiger partial charge in [0.25, 0.3) is 0 Å². The Kier molecular flexibility index (Phi) is 8.17. The molecule has 1 fully saturated rings. The van der Waals surface area contributed by atoms with Crippen LogP contribution in [0.15, 0.2) is 48.5 Å². The summed E-state index contributed by atoms with van der Waals surface area (Å²) in [5, 5.41) is 6.44. The summed E-state index contributed by atoms with van der Waals surface area (Å²) in [6, 6.07) is 15.9. The molecule has 0 radical (unpaired) electrons. The van der Waals surface area contributed by atoms with Gasteiger partial charge in [0.2, 0.25) is 5.91 Å². The number of anilines is 1. The number of carbonyl (C=O) groups excluding carboxylic acids is 2. The third kappa shape index (κ3) is 6.51. The van der Waals surface area contributed by atoms with Gasteiger partial charge in [0.15, 0.2) is 5.78 Å². The van der Waals surface area contributed by atoms with E-state index >= 15 is 0 Å². The van der Waals surface area contributed by atoms with Crippen molar-refractivity contribution in [1.29, 1.82) is 0 Å². The molecule has 5 heteroatoms. The van der Waals surface area contributed by atoms with Crippen molar-refractivity contribution in [1.82, 2.24) is 10.2 Å². The molecule has 160 valence electrons. The molecule has 1 saturated heterocycles. The molecule has 3 rings (SSSR count). The van der Waals surface area contributed by atoms with Crippen molar-refractivity contribution in [3.63, 3.8) is 0 Å². The fraction of sp³-hybridized carbons (Fsp3) is 0.440. The summed E-state index contributed by atoms with van der Waals surface area (Å²) in [5.74, 6) is 0.233. The maximum absolute atomic E-state index is 12.3. The number of nitrogens with zero attached hydrogens (tertiary/aromatic N) is 1. The summed E-state index contributed by atoms with van der Waals surface area (Å²) in [4.78, 5) is 26.9. The minimum Gasteiger partial charge on any atom is -0.324 e. The summed E-state index contributed by atoms with van der Waals surface area (Å²) in [7, 11) is 0. The number of aryl methyl sites for hydroxylation is 2. The number of carbonyl (C=O) groups is 2. The first kappa shape index (κ1) is 22.2. The van der Waals surface area contributed by atoms with E-state index in [2.05, 4.69) is 15.5 Å². The van der Waals surface area contributed by atoms with Crippen molar-refractivity contribution in [3.05, 3.63) is 65.2 Å². The molecule has 2 N–H and O–H groups in total. The van der Waals surface area contributed by atoms with Crippen molar-refractivity contribution >= 4 is 17.4 Å². The van der Waals surface area contributed by atoms with E-state index in [-0.39, 0.29) is 11.7 Å². The third-order valence-corrected chi connectivity index (χ3v) is 5.86. The van der Waals surface area contributed by atoms with Crippen LogP contribution in [0.4, 0.5) is 5.69 Å². The molecule has 1 heterocycles. The molecular weight excluding hydrogens is 374 g/mol. The van der Waals surface area contributed by atoms with Gasteiger partial charge in [0.1, 0.15) is 0 Å². The highest BCUT2D eigenvalue weighted by atomic mass is 16.2. The number of likely N-dealkylation sites (tertiary alicyclic amines) is 1. The van der Waals surface area contributed by atoms with E-state index in [9.17, 15) is 9.59 Å². The van der Waals surface area contributed by atoms with E-state index < -0.39 is 0 Å². The Morgan fingerprint density at radius 3 is 2.30 bits per heavy atom. The average molecular weight is 408 g/mol. The predicted molar refractivity (Wildman–Crippen MR) is 122 cm³/mol. The Labute approximate surface area is 179 Å². The Balaban J connectivity index is 1.32. The maximum atomic E-state index is 12.3. The fourth-order valence-corrected chi connectivity index (χ4v) is 4.02. The Morgan fingerprint density at radius 1 is 0.967 bits per heavy atom. The molecule has 1 aliphatic rings. The van der Waals surface area contributed by atoms with Crippen molar-refractivity contribution in [3.8, 4) is 0 Å². The lowest BCUT2D eigenvalue weighted by Gasteiger charge is -2.32. The second-order valence-electron chi connectivity index (χ2n) is 8.20. The van der Waals surface area contributed by atoms with Crippen LogP contribution in [0.25, 0.3) is 0 Å². The first-order valence-corrected chi connectivity index (χ1v) is 10.9. The number of hydrogen-bond donors (Lipinski definition) is 2. The highest BCUT2D eigenvalue weighted by Crippen LogP contribution is 2.19. The molecule has 30 heavy (non-hydrogen) atoms. The molecule has 2 aromatic carbocycles. The van der Waals surface area contributed by atoms with Gasteiger partial charge in [0.05, 0.1) is 6.54 Å². The van der Waals surface area contributed by atoms with Gasteiger partial charge < -0.3 is 15.5 Å². The van der Waals surface area contributed by atoms with Crippen molar-refractivity contribution in [2.24, 2.45) is 0 Å². The highest BCUT2D eigenvalue weighted by molar-refractivity contribution is 5.96. The van der Waals surface area contributed by atoms with Gasteiger partial charge in [-0.05, 0) is 63.9 Å². The SMILES string of the molecule is Cc1cccc(C)c1NC(=O)CNC1CCN(CCCC(=O)c2ccccc2)CC1. The number of benzene rings is 2. The minimum atomic E-state index is 0.00857. The first-order chi connectivity index (χ1) is 14.5. The number of rotatable bonds is 9. The molecule has 0 unspecified atom stereocenters. The van der Waals surface area contributed by atoms with Crippen molar-refractivity contribution in [2.45, 2.75) is 45.6 Å². The van der Waals surface area contributed by atoms with Crippen LogP contribution in [0.5, 0.6) is 0 Å². The molecule has 0 aliphatic carbocycles. The van der Waals surface area contributed by atoms with Crippen LogP contribution in [0.3, 0.4) is 0 Å². The van der Waals surface area contributed by atoms with E-state index in [1.807, 2.05) is 62.4 Å². The highest BCUT2D eigenvalue weighted by Gasteiger charge is 2.19. The lowest BCUT2D eigenvalue weighted by Crippen LogP contribution is -2.45. The summed E-state index contributed by atoms with van der Waals surface area (Å²) in [6.45, 7) is 7.34. The van der Waals surface area contributed by atoms with Crippen LogP contribution in [0, 0.1) is 13.8 Å². The summed E-state index contributed by atoms with van der Waals surface area (Å²) < 4.78 is 0. The topological polar surface area (TPSA) is 61.4 Å². The van der Waals surface area contributed by atoms with Gasteiger partial charge in [-0.3, -0.25) is 9.59 Å². The van der Waals surface area contributed by atoms with Crippen molar-refractivity contribution in [2.75, 3.05) is 31.5 Å². The molecule has 1 amide bonds. The number of para-hydroxylation sites is 1. The van der Waals surface area contributed by atoms with Gasteiger partial charge in [-0.25, -0.2) is 0 Å². The molecular formula is C25H33N3O2. The smallest absolute Gasteiger partial charge is 0.238 e. The second-order valence-corrected chi connectivity index (χ2v) is 8.20. The number of hydrogen-bond acceptors (Lipinski definition) is 4. The molecule has 5 nitrogen and oxygen atoms in total. The quantitative estimate of drug-likeness (QED) is 0.618. The largest absolute Gasteiger partial charge is 0.324 e. The van der Waals surface area contributed by atoms with Crippen molar-refractivity contribution < 1.29 is 9.59 Å². The summed E-state index contributed by atoms with van der Waals surface area (Å²) in [6.07, 6.45) is 3.55. The van der Waals surface area contributed by atoms with Gasteiger partial charge in [-0.15, -0.1) is 0 Å². The van der Waals surface area contributed by atoms with Crippen LogP contribution < -0.4 is 10.6 Å². The zero-order chi connectivity index (χ0) is 21.3. The number of nitrogens with one attached hydrogen (secondary N) is 2. The molecule has 0 aromatic heterocycles. The number of amides is 1. The Morgan fingerprint density at radius 2 is 1.63 bits per heavy atom. The maximum Gasteiger partial charge on any atom is 0.238 e. The predicted octanol–water partition coefficient (Wildman–Crippen LogP) is 3.96. The lowest BCUT2D eigenvalue weighted by atomic mass is 10.0. The fourth-order valence-electron chi connectivity index (χ4n) is 4.02. The normalized spacial score (nSPS) is 15.1. The Hall–Kier alpha value is -2.50. The van der Waals surface area contributed by atoms with Crippen LogP contribution in [-0.2, 0) is 4.79 Å². The van der Waals surface area contributed by atoms with Crippen LogP contribution >= 0.6 is 0 Å². The monoisotopic (exact) mass is 407 g/mol. The van der Waals surface area contributed by atoms with E-state index in [1.54, 1.807) is 0 Å². The summed E-state index contributed by atoms with van der Waals surface area (Å²) >= 11 is 0. The summed E-state index contributed by atoms with van der Waals surface area (Å²) in [5.41, 5.74) is 3.90.